The van der Waals surface area contributed by atoms with Crippen LogP contribution in [0.15, 0.2) is 18.5 Å². The molecule has 20 heavy (non-hydrogen) atoms. The Kier molecular flexibility index (Phi) is 2.97. The van der Waals surface area contributed by atoms with E-state index in [9.17, 15) is 5.11 Å². The van der Waals surface area contributed by atoms with Crippen LogP contribution in [0.4, 0.5) is 5.82 Å². The third kappa shape index (κ3) is 2.38. The van der Waals surface area contributed by atoms with Crippen LogP contribution >= 0.6 is 0 Å². The van der Waals surface area contributed by atoms with Crippen molar-refractivity contribution < 1.29 is 5.11 Å². The lowest BCUT2D eigenvalue weighted by Gasteiger charge is -2.36. The Hall–Kier alpha value is -1.62. The van der Waals surface area contributed by atoms with Gasteiger partial charge in [-0.2, -0.15) is 5.10 Å². The van der Waals surface area contributed by atoms with Crippen molar-refractivity contribution in [1.29, 1.82) is 0 Å². The minimum absolute atomic E-state index is 0.00939. The SMILES string of the molecule is CC(C)(C)c1cc2c(NCC3(O)CCC3)nccn2n1. The van der Waals surface area contributed by atoms with Crippen LogP contribution < -0.4 is 5.32 Å². The minimum Gasteiger partial charge on any atom is -0.388 e. The Labute approximate surface area is 119 Å². The van der Waals surface area contributed by atoms with Crippen LogP contribution in [-0.4, -0.2) is 31.9 Å². The zero-order valence-electron chi connectivity index (χ0n) is 12.3. The number of rotatable bonds is 3. The first kappa shape index (κ1) is 13.4. The summed E-state index contributed by atoms with van der Waals surface area (Å²) in [5.41, 5.74) is 1.45. The van der Waals surface area contributed by atoms with Crippen molar-refractivity contribution in [1.82, 2.24) is 14.6 Å². The maximum Gasteiger partial charge on any atom is 0.152 e. The normalized spacial score (nSPS) is 18.0. The highest BCUT2D eigenvalue weighted by atomic mass is 16.3. The molecule has 1 fully saturated rings. The number of aromatic nitrogens is 3. The van der Waals surface area contributed by atoms with Crippen LogP contribution in [0.2, 0.25) is 0 Å². The van der Waals surface area contributed by atoms with E-state index in [0.29, 0.717) is 6.54 Å². The predicted molar refractivity (Wildman–Crippen MR) is 79.0 cm³/mol. The van der Waals surface area contributed by atoms with E-state index >= 15 is 0 Å². The molecule has 2 heterocycles. The van der Waals surface area contributed by atoms with E-state index < -0.39 is 5.60 Å². The van der Waals surface area contributed by atoms with Crippen molar-refractivity contribution in [2.24, 2.45) is 0 Å². The number of aliphatic hydroxyl groups is 1. The van der Waals surface area contributed by atoms with E-state index in [1.165, 1.54) is 0 Å². The zero-order valence-corrected chi connectivity index (χ0v) is 12.3. The van der Waals surface area contributed by atoms with Gasteiger partial charge in [-0.05, 0) is 25.3 Å². The Bertz CT molecular complexity index is 622. The largest absolute Gasteiger partial charge is 0.388 e. The van der Waals surface area contributed by atoms with E-state index in [1.807, 2.05) is 10.7 Å². The van der Waals surface area contributed by atoms with Gasteiger partial charge in [-0.15, -0.1) is 0 Å². The third-order valence-electron chi connectivity index (χ3n) is 4.03. The van der Waals surface area contributed by atoms with Gasteiger partial charge in [0, 0.05) is 24.4 Å². The summed E-state index contributed by atoms with van der Waals surface area (Å²) in [6.07, 6.45) is 6.44. The van der Waals surface area contributed by atoms with Crippen molar-refractivity contribution in [2.75, 3.05) is 11.9 Å². The molecule has 0 saturated heterocycles. The average Bonchev–Trinajstić information content (AvgIpc) is 2.78. The number of anilines is 1. The van der Waals surface area contributed by atoms with Gasteiger partial charge >= 0.3 is 0 Å². The highest BCUT2D eigenvalue weighted by Crippen LogP contribution is 2.32. The van der Waals surface area contributed by atoms with Gasteiger partial charge in [-0.1, -0.05) is 20.8 Å². The van der Waals surface area contributed by atoms with Crippen LogP contribution in [0.5, 0.6) is 0 Å². The summed E-state index contributed by atoms with van der Waals surface area (Å²) in [5.74, 6) is 0.788. The molecular weight excluding hydrogens is 252 g/mol. The highest BCUT2D eigenvalue weighted by Gasteiger charge is 2.34. The number of hydrogen-bond acceptors (Lipinski definition) is 4. The standard InChI is InChI=1S/C15H22N4O/c1-14(2,3)12-9-11-13(16-7-8-19(11)18-12)17-10-15(20)5-4-6-15/h7-9,20H,4-6,10H2,1-3H3,(H,16,17). The first-order chi connectivity index (χ1) is 9.37. The molecule has 5 heteroatoms. The topological polar surface area (TPSA) is 62.5 Å². The van der Waals surface area contributed by atoms with Gasteiger partial charge in [0.2, 0.25) is 0 Å². The van der Waals surface area contributed by atoms with Crippen molar-refractivity contribution in [3.63, 3.8) is 0 Å². The summed E-state index contributed by atoms with van der Waals surface area (Å²) in [5, 5.41) is 18.0. The molecule has 0 radical (unpaired) electrons. The average molecular weight is 274 g/mol. The van der Waals surface area contributed by atoms with Gasteiger partial charge in [0.05, 0.1) is 11.3 Å². The molecule has 0 amide bonds. The first-order valence-electron chi connectivity index (χ1n) is 7.19. The quantitative estimate of drug-likeness (QED) is 0.902. The molecule has 0 unspecified atom stereocenters. The lowest BCUT2D eigenvalue weighted by Crippen LogP contribution is -2.43. The second-order valence-corrected chi connectivity index (χ2v) is 6.82. The maximum atomic E-state index is 10.2. The monoisotopic (exact) mass is 274 g/mol. The molecule has 108 valence electrons. The summed E-state index contributed by atoms with van der Waals surface area (Å²) in [4.78, 5) is 4.38. The second-order valence-electron chi connectivity index (χ2n) is 6.82. The third-order valence-corrected chi connectivity index (χ3v) is 4.03. The molecule has 2 aromatic heterocycles. The Morgan fingerprint density at radius 3 is 2.75 bits per heavy atom. The van der Waals surface area contributed by atoms with Crippen molar-refractivity contribution in [2.45, 2.75) is 51.0 Å². The highest BCUT2D eigenvalue weighted by molar-refractivity contribution is 5.68. The molecule has 1 saturated carbocycles. The second kappa shape index (κ2) is 4.45. The van der Waals surface area contributed by atoms with E-state index in [4.69, 9.17) is 0 Å². The van der Waals surface area contributed by atoms with Gasteiger partial charge in [0.25, 0.3) is 0 Å². The fraction of sp³-hybridized carbons (Fsp3) is 0.600. The van der Waals surface area contributed by atoms with Gasteiger partial charge in [0.1, 0.15) is 5.52 Å². The van der Waals surface area contributed by atoms with Gasteiger partial charge in [-0.3, -0.25) is 0 Å². The van der Waals surface area contributed by atoms with Crippen molar-refractivity contribution in [3.8, 4) is 0 Å². The Balaban J connectivity index is 1.88. The van der Waals surface area contributed by atoms with E-state index in [1.54, 1.807) is 6.20 Å². The summed E-state index contributed by atoms with van der Waals surface area (Å²) >= 11 is 0. The molecule has 1 aliphatic rings. The van der Waals surface area contributed by atoms with E-state index in [2.05, 4.69) is 42.2 Å². The minimum atomic E-state index is -0.554. The molecule has 5 nitrogen and oxygen atoms in total. The Morgan fingerprint density at radius 2 is 2.15 bits per heavy atom. The molecule has 1 aliphatic carbocycles. The molecule has 0 spiro atoms. The van der Waals surface area contributed by atoms with E-state index in [0.717, 1.165) is 36.3 Å². The van der Waals surface area contributed by atoms with E-state index in [-0.39, 0.29) is 5.41 Å². The summed E-state index contributed by atoms with van der Waals surface area (Å²) in [7, 11) is 0. The van der Waals surface area contributed by atoms with Crippen LogP contribution in [0.25, 0.3) is 5.52 Å². The first-order valence-corrected chi connectivity index (χ1v) is 7.19. The Morgan fingerprint density at radius 1 is 1.40 bits per heavy atom. The van der Waals surface area contributed by atoms with Crippen molar-refractivity contribution >= 4 is 11.3 Å². The zero-order chi connectivity index (χ0) is 14.4. The summed E-state index contributed by atoms with van der Waals surface area (Å²) in [6.45, 7) is 6.99. The molecule has 2 N–H and O–H groups in total. The van der Waals surface area contributed by atoms with Gasteiger partial charge in [-0.25, -0.2) is 9.50 Å². The number of nitrogens with one attached hydrogen (secondary N) is 1. The van der Waals surface area contributed by atoms with Crippen LogP contribution in [0, 0.1) is 0 Å². The molecule has 0 aromatic carbocycles. The van der Waals surface area contributed by atoms with Gasteiger partial charge < -0.3 is 10.4 Å². The van der Waals surface area contributed by atoms with Crippen LogP contribution in [0.3, 0.4) is 0 Å². The molecule has 2 aromatic rings. The molecule has 3 rings (SSSR count). The molecular formula is C15H22N4O. The lowest BCUT2D eigenvalue weighted by atomic mass is 9.80. The van der Waals surface area contributed by atoms with Crippen LogP contribution in [0.1, 0.15) is 45.7 Å². The maximum absolute atomic E-state index is 10.2. The fourth-order valence-corrected chi connectivity index (χ4v) is 2.43. The molecule has 0 bridgehead atoms. The summed E-state index contributed by atoms with van der Waals surface area (Å²) < 4.78 is 1.85. The fourth-order valence-electron chi connectivity index (χ4n) is 2.43. The molecule has 0 atom stereocenters. The molecule has 0 aliphatic heterocycles. The number of nitrogens with zero attached hydrogens (tertiary/aromatic N) is 3. The van der Waals surface area contributed by atoms with Gasteiger partial charge in [0.15, 0.2) is 5.82 Å². The van der Waals surface area contributed by atoms with Crippen LogP contribution in [-0.2, 0) is 5.41 Å². The number of hydrogen-bond donors (Lipinski definition) is 2. The number of fused-ring (bicyclic) bond motifs is 1. The smallest absolute Gasteiger partial charge is 0.152 e. The van der Waals surface area contributed by atoms with Crippen molar-refractivity contribution in [3.05, 3.63) is 24.2 Å². The predicted octanol–water partition coefficient (Wildman–Crippen LogP) is 2.35. The summed E-state index contributed by atoms with van der Waals surface area (Å²) in [6, 6.07) is 2.07. The lowest BCUT2D eigenvalue weighted by molar-refractivity contribution is -0.0202.